The first-order valence-corrected chi connectivity index (χ1v) is 8.44. The second-order valence-corrected chi connectivity index (χ2v) is 6.68. The van der Waals surface area contributed by atoms with E-state index in [0.717, 1.165) is 24.5 Å². The zero-order valence-corrected chi connectivity index (χ0v) is 15.1. The molecule has 0 radical (unpaired) electrons. The van der Waals surface area contributed by atoms with E-state index < -0.39 is 0 Å². The third-order valence-corrected chi connectivity index (χ3v) is 3.94. The molecule has 0 saturated carbocycles. The van der Waals surface area contributed by atoms with E-state index in [9.17, 15) is 4.79 Å². The molecule has 0 aliphatic heterocycles. The Labute approximate surface area is 144 Å². The molecule has 1 aromatic carbocycles. The number of nitrogens with one attached hydrogen (secondary N) is 1. The van der Waals surface area contributed by atoms with Gasteiger partial charge in [0.05, 0.1) is 12.2 Å². The van der Waals surface area contributed by atoms with Crippen LogP contribution in [0.2, 0.25) is 0 Å². The Morgan fingerprint density at radius 2 is 2.00 bits per heavy atom. The van der Waals surface area contributed by atoms with Gasteiger partial charge in [0, 0.05) is 25.3 Å². The average Bonchev–Trinajstić information content (AvgIpc) is 2.83. The molecule has 0 saturated heterocycles. The quantitative estimate of drug-likeness (QED) is 0.809. The number of carbonyl (C=O) groups is 1. The summed E-state index contributed by atoms with van der Waals surface area (Å²) in [6.45, 7) is 8.85. The van der Waals surface area contributed by atoms with Crippen molar-refractivity contribution in [1.29, 1.82) is 0 Å². The molecule has 1 aromatic heterocycles. The highest BCUT2D eigenvalue weighted by atomic mass is 16.2. The fraction of sp³-hybridized carbons (Fsp3) is 0.474. The summed E-state index contributed by atoms with van der Waals surface area (Å²) in [6, 6.07) is 12.3. The molecule has 24 heavy (non-hydrogen) atoms. The van der Waals surface area contributed by atoms with Crippen LogP contribution in [0.4, 0.5) is 0 Å². The van der Waals surface area contributed by atoms with Gasteiger partial charge in [-0.3, -0.25) is 14.4 Å². The first-order chi connectivity index (χ1) is 11.4. The lowest BCUT2D eigenvalue weighted by molar-refractivity contribution is -0.122. The highest BCUT2D eigenvalue weighted by Gasteiger charge is 2.11. The molecule has 130 valence electrons. The number of rotatable bonds is 8. The van der Waals surface area contributed by atoms with Crippen LogP contribution in [0.3, 0.4) is 0 Å². The van der Waals surface area contributed by atoms with E-state index in [0.29, 0.717) is 19.0 Å². The molecule has 0 unspecified atom stereocenters. The standard InChI is InChI=1S/C19H28N4O/c1-15(12-23-17(3)10-16(2)21-23)11-20-19(24)14-22(4)13-18-8-6-5-7-9-18/h5-10,15H,11-14H2,1-4H3,(H,20,24)/t15-/m0/s1. The molecule has 1 heterocycles. The van der Waals surface area contributed by atoms with Gasteiger partial charge < -0.3 is 5.32 Å². The Bertz CT molecular complexity index is 651. The van der Waals surface area contributed by atoms with Gasteiger partial charge in [0.2, 0.25) is 5.91 Å². The second kappa shape index (κ2) is 8.64. The van der Waals surface area contributed by atoms with Crippen LogP contribution in [-0.2, 0) is 17.9 Å². The van der Waals surface area contributed by atoms with Crippen molar-refractivity contribution in [3.05, 3.63) is 53.3 Å². The highest BCUT2D eigenvalue weighted by molar-refractivity contribution is 5.77. The van der Waals surface area contributed by atoms with E-state index in [1.807, 2.05) is 41.8 Å². The minimum absolute atomic E-state index is 0.0636. The van der Waals surface area contributed by atoms with Crippen LogP contribution in [0, 0.1) is 19.8 Å². The van der Waals surface area contributed by atoms with Crippen molar-refractivity contribution < 1.29 is 4.79 Å². The van der Waals surface area contributed by atoms with E-state index in [4.69, 9.17) is 0 Å². The normalized spacial score (nSPS) is 12.4. The van der Waals surface area contributed by atoms with Crippen molar-refractivity contribution in [2.45, 2.75) is 33.9 Å². The maximum atomic E-state index is 12.1. The zero-order valence-electron chi connectivity index (χ0n) is 15.1. The molecule has 2 aromatic rings. The number of benzene rings is 1. The Balaban J connectivity index is 1.71. The Morgan fingerprint density at radius 3 is 2.62 bits per heavy atom. The molecule has 0 bridgehead atoms. The number of hydrogen-bond acceptors (Lipinski definition) is 3. The number of amides is 1. The maximum Gasteiger partial charge on any atom is 0.234 e. The van der Waals surface area contributed by atoms with Crippen LogP contribution in [-0.4, -0.2) is 40.7 Å². The van der Waals surface area contributed by atoms with Crippen molar-refractivity contribution in [2.24, 2.45) is 5.92 Å². The number of likely N-dealkylation sites (N-methyl/N-ethyl adjacent to an activating group) is 1. The first-order valence-electron chi connectivity index (χ1n) is 8.44. The molecule has 2 rings (SSSR count). The average molecular weight is 328 g/mol. The molecule has 1 atom stereocenters. The number of carbonyl (C=O) groups excluding carboxylic acids is 1. The lowest BCUT2D eigenvalue weighted by Crippen LogP contribution is -2.37. The van der Waals surface area contributed by atoms with Crippen LogP contribution in [0.5, 0.6) is 0 Å². The van der Waals surface area contributed by atoms with Crippen LogP contribution >= 0.6 is 0 Å². The SMILES string of the molecule is Cc1cc(C)n(C[C@@H](C)CNC(=O)CN(C)Cc2ccccc2)n1. The first kappa shape index (κ1) is 18.2. The molecule has 0 aliphatic carbocycles. The van der Waals surface area contributed by atoms with Gasteiger partial charge in [-0.25, -0.2) is 0 Å². The molecule has 1 amide bonds. The third-order valence-electron chi connectivity index (χ3n) is 3.94. The molecule has 5 heteroatoms. The second-order valence-electron chi connectivity index (χ2n) is 6.68. The van der Waals surface area contributed by atoms with Crippen LogP contribution in [0.1, 0.15) is 23.9 Å². The maximum absolute atomic E-state index is 12.1. The van der Waals surface area contributed by atoms with Gasteiger partial charge in [0.15, 0.2) is 0 Å². The van der Waals surface area contributed by atoms with Gasteiger partial charge in [0.1, 0.15) is 0 Å². The van der Waals surface area contributed by atoms with E-state index in [1.54, 1.807) is 0 Å². The fourth-order valence-corrected chi connectivity index (χ4v) is 2.76. The predicted molar refractivity (Wildman–Crippen MR) is 96.7 cm³/mol. The smallest absolute Gasteiger partial charge is 0.234 e. The van der Waals surface area contributed by atoms with E-state index in [1.165, 1.54) is 5.56 Å². The zero-order chi connectivity index (χ0) is 17.5. The fourth-order valence-electron chi connectivity index (χ4n) is 2.76. The molecule has 0 aliphatic rings. The van der Waals surface area contributed by atoms with Crippen LogP contribution < -0.4 is 5.32 Å². The lowest BCUT2D eigenvalue weighted by Gasteiger charge is -2.18. The minimum Gasteiger partial charge on any atom is -0.355 e. The van der Waals surface area contributed by atoms with E-state index in [-0.39, 0.29) is 5.91 Å². The molecule has 0 fully saturated rings. The summed E-state index contributed by atoms with van der Waals surface area (Å²) in [4.78, 5) is 14.1. The Hall–Kier alpha value is -2.14. The summed E-state index contributed by atoms with van der Waals surface area (Å²) in [7, 11) is 1.96. The van der Waals surface area contributed by atoms with Crippen molar-refractivity contribution in [1.82, 2.24) is 20.0 Å². The van der Waals surface area contributed by atoms with Crippen LogP contribution in [0.15, 0.2) is 36.4 Å². The third kappa shape index (κ3) is 5.81. The molecule has 5 nitrogen and oxygen atoms in total. The largest absolute Gasteiger partial charge is 0.355 e. The van der Waals surface area contributed by atoms with Gasteiger partial charge in [-0.1, -0.05) is 37.3 Å². The summed E-state index contributed by atoms with van der Waals surface area (Å²) in [6.07, 6.45) is 0. The topological polar surface area (TPSA) is 50.2 Å². The monoisotopic (exact) mass is 328 g/mol. The van der Waals surface area contributed by atoms with Gasteiger partial charge in [0.25, 0.3) is 0 Å². The van der Waals surface area contributed by atoms with E-state index >= 15 is 0 Å². The summed E-state index contributed by atoms with van der Waals surface area (Å²) < 4.78 is 2.01. The molecule has 1 N–H and O–H groups in total. The number of aryl methyl sites for hydroxylation is 2. The summed E-state index contributed by atoms with van der Waals surface area (Å²) in [5.41, 5.74) is 3.41. The Kier molecular flexibility index (Phi) is 6.55. The molecule has 0 spiro atoms. The number of aromatic nitrogens is 2. The highest BCUT2D eigenvalue weighted by Crippen LogP contribution is 2.06. The van der Waals surface area contributed by atoms with Crippen molar-refractivity contribution in [3.8, 4) is 0 Å². The lowest BCUT2D eigenvalue weighted by atomic mass is 10.2. The summed E-state index contributed by atoms with van der Waals surface area (Å²) >= 11 is 0. The number of hydrogen-bond donors (Lipinski definition) is 1. The predicted octanol–water partition coefficient (Wildman–Crippen LogP) is 2.38. The van der Waals surface area contributed by atoms with Gasteiger partial charge >= 0.3 is 0 Å². The summed E-state index contributed by atoms with van der Waals surface area (Å²) in [5.74, 6) is 0.403. The van der Waals surface area contributed by atoms with Gasteiger partial charge in [-0.05, 0) is 38.4 Å². The van der Waals surface area contributed by atoms with Gasteiger partial charge in [-0.2, -0.15) is 5.10 Å². The van der Waals surface area contributed by atoms with Crippen LogP contribution in [0.25, 0.3) is 0 Å². The van der Waals surface area contributed by atoms with Crippen molar-refractivity contribution in [2.75, 3.05) is 20.1 Å². The van der Waals surface area contributed by atoms with E-state index in [2.05, 4.69) is 42.5 Å². The summed E-state index contributed by atoms with van der Waals surface area (Å²) in [5, 5.41) is 7.49. The number of nitrogens with zero attached hydrogens (tertiary/aromatic N) is 3. The molecular weight excluding hydrogens is 300 g/mol. The molecular formula is C19H28N4O. The Morgan fingerprint density at radius 1 is 1.29 bits per heavy atom. The van der Waals surface area contributed by atoms with Gasteiger partial charge in [-0.15, -0.1) is 0 Å². The minimum atomic E-state index is 0.0636. The van der Waals surface area contributed by atoms with Crippen molar-refractivity contribution in [3.63, 3.8) is 0 Å². The van der Waals surface area contributed by atoms with Crippen molar-refractivity contribution >= 4 is 5.91 Å².